The Bertz CT molecular complexity index is 666. The number of nitrogens with zero attached hydrogens (tertiary/aromatic N) is 3. The predicted molar refractivity (Wildman–Crippen MR) is 78.8 cm³/mol. The third kappa shape index (κ3) is 2.97. The summed E-state index contributed by atoms with van der Waals surface area (Å²) in [6, 6.07) is 3.02. The van der Waals surface area contributed by atoms with Gasteiger partial charge in [-0.05, 0) is 18.6 Å². The number of nitro benzene ring substituents is 1. The normalized spacial score (nSPS) is 10.3. The molecule has 2 aromatic rings. The van der Waals surface area contributed by atoms with Crippen LogP contribution in [-0.4, -0.2) is 14.7 Å². The van der Waals surface area contributed by atoms with Crippen molar-refractivity contribution >= 4 is 29.2 Å². The highest BCUT2D eigenvalue weighted by Gasteiger charge is 2.14. The topological polar surface area (TPSA) is 73.0 Å². The lowest BCUT2D eigenvalue weighted by Crippen LogP contribution is -2.01. The van der Waals surface area contributed by atoms with Gasteiger partial charge in [-0.2, -0.15) is 5.10 Å². The van der Waals surface area contributed by atoms with Crippen LogP contribution in [0.1, 0.15) is 11.1 Å². The molecule has 0 saturated heterocycles. The number of benzene rings is 1. The second kappa shape index (κ2) is 5.75. The van der Waals surface area contributed by atoms with E-state index in [2.05, 4.69) is 17.0 Å². The fourth-order valence-electron chi connectivity index (χ4n) is 1.76. The van der Waals surface area contributed by atoms with Crippen LogP contribution >= 0.6 is 11.6 Å². The van der Waals surface area contributed by atoms with Crippen LogP contribution in [0, 0.1) is 17.0 Å². The fourth-order valence-corrected chi connectivity index (χ4v) is 2.00. The van der Waals surface area contributed by atoms with E-state index in [1.807, 2.05) is 6.20 Å². The quantitative estimate of drug-likeness (QED) is 0.676. The monoisotopic (exact) mass is 292 g/mol. The number of nitro groups is 1. The molecular weight excluding hydrogens is 280 g/mol. The maximum Gasteiger partial charge on any atom is 0.288 e. The molecule has 0 aliphatic rings. The summed E-state index contributed by atoms with van der Waals surface area (Å²) >= 11 is 5.89. The van der Waals surface area contributed by atoms with Gasteiger partial charge in [0.05, 0.1) is 11.1 Å². The molecule has 7 heteroatoms. The van der Waals surface area contributed by atoms with Crippen molar-refractivity contribution in [1.82, 2.24) is 9.78 Å². The zero-order valence-corrected chi connectivity index (χ0v) is 11.6. The van der Waals surface area contributed by atoms with E-state index in [0.717, 1.165) is 16.8 Å². The molecule has 0 bridgehead atoms. The van der Waals surface area contributed by atoms with Crippen LogP contribution in [0.3, 0.4) is 0 Å². The van der Waals surface area contributed by atoms with Gasteiger partial charge >= 0.3 is 0 Å². The Kier molecular flexibility index (Phi) is 4.05. The summed E-state index contributed by atoms with van der Waals surface area (Å²) in [6.45, 7) is 5.95. The third-order valence-corrected chi connectivity index (χ3v) is 3.12. The molecular formula is C13H13ClN4O2. The molecule has 1 aromatic heterocycles. The summed E-state index contributed by atoms with van der Waals surface area (Å²) in [5, 5.41) is 18.1. The van der Waals surface area contributed by atoms with Crippen LogP contribution in [0.2, 0.25) is 5.02 Å². The van der Waals surface area contributed by atoms with Gasteiger partial charge < -0.3 is 5.32 Å². The average molecular weight is 293 g/mol. The van der Waals surface area contributed by atoms with Gasteiger partial charge in [-0.3, -0.25) is 10.1 Å². The van der Waals surface area contributed by atoms with Gasteiger partial charge in [0.1, 0.15) is 5.02 Å². The number of anilines is 1. The minimum absolute atomic E-state index is 0.0887. The molecule has 20 heavy (non-hydrogen) atoms. The number of hydrogen-bond donors (Lipinski definition) is 1. The van der Waals surface area contributed by atoms with Crippen molar-refractivity contribution in [1.29, 1.82) is 0 Å². The number of nitrogens with one attached hydrogen (secondary N) is 1. The first-order valence-electron chi connectivity index (χ1n) is 5.85. The van der Waals surface area contributed by atoms with Crippen LogP contribution in [0.25, 0.3) is 6.20 Å². The lowest BCUT2D eigenvalue weighted by Gasteiger charge is -2.09. The molecule has 6 nitrogen and oxygen atoms in total. The van der Waals surface area contributed by atoms with Crippen molar-refractivity contribution in [3.63, 3.8) is 0 Å². The van der Waals surface area contributed by atoms with E-state index in [9.17, 15) is 10.1 Å². The standard InChI is InChI=1S/C13H13ClN4O2/c1-3-17-8-10(7-16-17)6-15-12-5-11(14)13(18(19)20)4-9(12)2/h3-5,7-8,15H,1,6H2,2H3. The third-order valence-electron chi connectivity index (χ3n) is 2.82. The smallest absolute Gasteiger partial charge is 0.288 e. The molecule has 1 heterocycles. The van der Waals surface area contributed by atoms with Crippen molar-refractivity contribution in [3.05, 3.63) is 57.4 Å². The Morgan fingerprint density at radius 1 is 1.60 bits per heavy atom. The van der Waals surface area contributed by atoms with Crippen LogP contribution in [-0.2, 0) is 6.54 Å². The number of halogens is 1. The first-order valence-corrected chi connectivity index (χ1v) is 6.23. The Hall–Kier alpha value is -2.34. The molecule has 0 aliphatic heterocycles. The van der Waals surface area contributed by atoms with Gasteiger partial charge in [0.15, 0.2) is 0 Å². The molecule has 0 radical (unpaired) electrons. The summed E-state index contributed by atoms with van der Waals surface area (Å²) in [5.41, 5.74) is 2.40. The molecule has 0 amide bonds. The zero-order chi connectivity index (χ0) is 14.7. The lowest BCUT2D eigenvalue weighted by atomic mass is 10.1. The van der Waals surface area contributed by atoms with Crippen molar-refractivity contribution in [2.24, 2.45) is 0 Å². The maximum absolute atomic E-state index is 10.8. The van der Waals surface area contributed by atoms with Crippen LogP contribution in [0.5, 0.6) is 0 Å². The highest BCUT2D eigenvalue weighted by molar-refractivity contribution is 6.33. The van der Waals surface area contributed by atoms with Crippen molar-refractivity contribution in [2.45, 2.75) is 13.5 Å². The molecule has 0 aliphatic carbocycles. The number of hydrogen-bond acceptors (Lipinski definition) is 4. The summed E-state index contributed by atoms with van der Waals surface area (Å²) in [4.78, 5) is 10.3. The molecule has 1 N–H and O–H groups in total. The van der Waals surface area contributed by atoms with E-state index in [1.54, 1.807) is 30.1 Å². The molecule has 0 atom stereocenters. The van der Waals surface area contributed by atoms with Gasteiger partial charge in [0.2, 0.25) is 0 Å². The highest BCUT2D eigenvalue weighted by Crippen LogP contribution is 2.30. The van der Waals surface area contributed by atoms with Gasteiger partial charge in [0, 0.05) is 36.3 Å². The van der Waals surface area contributed by atoms with Crippen LogP contribution in [0.15, 0.2) is 31.1 Å². The summed E-state index contributed by atoms with van der Waals surface area (Å²) < 4.78 is 1.60. The van der Waals surface area contributed by atoms with E-state index in [0.29, 0.717) is 6.54 Å². The molecule has 2 rings (SSSR count). The Balaban J connectivity index is 2.15. The number of aromatic nitrogens is 2. The van der Waals surface area contributed by atoms with E-state index < -0.39 is 4.92 Å². The SMILES string of the molecule is C=Cn1cc(CNc2cc(Cl)c([N+](=O)[O-])cc2C)cn1. The molecule has 0 fully saturated rings. The van der Waals surface area contributed by atoms with Crippen LogP contribution < -0.4 is 5.32 Å². The van der Waals surface area contributed by atoms with Crippen molar-refractivity contribution < 1.29 is 4.92 Å². The minimum Gasteiger partial charge on any atom is -0.381 e. The first-order chi connectivity index (χ1) is 9.51. The average Bonchev–Trinajstić information content (AvgIpc) is 2.87. The summed E-state index contributed by atoms with van der Waals surface area (Å²) in [6.07, 6.45) is 5.15. The van der Waals surface area contributed by atoms with E-state index >= 15 is 0 Å². The number of aryl methyl sites for hydroxylation is 1. The second-order valence-electron chi connectivity index (χ2n) is 4.24. The predicted octanol–water partition coefficient (Wildman–Crippen LogP) is 3.47. The largest absolute Gasteiger partial charge is 0.381 e. The summed E-state index contributed by atoms with van der Waals surface area (Å²) in [7, 11) is 0. The molecule has 0 unspecified atom stereocenters. The lowest BCUT2D eigenvalue weighted by molar-refractivity contribution is -0.384. The van der Waals surface area contributed by atoms with E-state index in [1.165, 1.54) is 6.07 Å². The Morgan fingerprint density at radius 2 is 2.35 bits per heavy atom. The fraction of sp³-hybridized carbons (Fsp3) is 0.154. The molecule has 104 valence electrons. The zero-order valence-electron chi connectivity index (χ0n) is 10.8. The molecule has 0 spiro atoms. The van der Waals surface area contributed by atoms with Gasteiger partial charge in [-0.15, -0.1) is 0 Å². The molecule has 0 saturated carbocycles. The highest BCUT2D eigenvalue weighted by atomic mass is 35.5. The van der Waals surface area contributed by atoms with Crippen molar-refractivity contribution in [3.8, 4) is 0 Å². The van der Waals surface area contributed by atoms with Gasteiger partial charge in [-0.25, -0.2) is 4.68 Å². The summed E-state index contributed by atoms with van der Waals surface area (Å²) in [5.74, 6) is 0. The van der Waals surface area contributed by atoms with Crippen LogP contribution in [0.4, 0.5) is 11.4 Å². The van der Waals surface area contributed by atoms with Crippen molar-refractivity contribution in [2.75, 3.05) is 5.32 Å². The minimum atomic E-state index is -0.493. The Labute approximate surface area is 120 Å². The van der Waals surface area contributed by atoms with Gasteiger partial charge in [0.25, 0.3) is 5.69 Å². The maximum atomic E-state index is 10.8. The Morgan fingerprint density at radius 3 is 2.95 bits per heavy atom. The van der Waals surface area contributed by atoms with E-state index in [4.69, 9.17) is 11.6 Å². The molecule has 1 aromatic carbocycles. The van der Waals surface area contributed by atoms with Gasteiger partial charge in [-0.1, -0.05) is 18.2 Å². The number of rotatable bonds is 5. The second-order valence-corrected chi connectivity index (χ2v) is 4.65. The van der Waals surface area contributed by atoms with E-state index in [-0.39, 0.29) is 10.7 Å². The first kappa shape index (κ1) is 14.1.